The van der Waals surface area contributed by atoms with E-state index in [1.165, 1.54) is 0 Å². The third-order valence-electron chi connectivity index (χ3n) is 3.19. The third-order valence-corrected chi connectivity index (χ3v) is 3.19. The molecule has 0 heterocycles. The summed E-state index contributed by atoms with van der Waals surface area (Å²) in [6, 6.07) is -0.722. The summed E-state index contributed by atoms with van der Waals surface area (Å²) in [4.78, 5) is 22.6. The van der Waals surface area contributed by atoms with Gasteiger partial charge < -0.3 is 10.4 Å². The molecule has 1 amide bonds. The van der Waals surface area contributed by atoms with Crippen molar-refractivity contribution in [3.05, 3.63) is 0 Å². The predicted molar refractivity (Wildman–Crippen MR) is 56.4 cm³/mol. The quantitative estimate of drug-likeness (QED) is 0.728. The highest BCUT2D eigenvalue weighted by Gasteiger charge is 2.40. The smallest absolute Gasteiger partial charge is 0.326 e. The molecule has 0 aliphatic heterocycles. The first-order chi connectivity index (χ1) is 6.99. The van der Waals surface area contributed by atoms with Gasteiger partial charge in [-0.15, -0.1) is 0 Å². The summed E-state index contributed by atoms with van der Waals surface area (Å²) in [6.07, 6.45) is 4.06. The highest BCUT2D eigenvalue weighted by Crippen LogP contribution is 2.40. The maximum absolute atomic E-state index is 11.8. The zero-order valence-electron chi connectivity index (χ0n) is 9.38. The monoisotopic (exact) mass is 213 g/mol. The van der Waals surface area contributed by atoms with Crippen molar-refractivity contribution in [1.29, 1.82) is 0 Å². The van der Waals surface area contributed by atoms with Crippen LogP contribution in [0.3, 0.4) is 0 Å². The van der Waals surface area contributed by atoms with E-state index in [1.54, 1.807) is 0 Å². The molecule has 0 aromatic heterocycles. The second-order valence-electron chi connectivity index (χ2n) is 4.57. The SMILES string of the molecule is CCCC(NC(=O)C1(C)CCC1)C(=O)O. The summed E-state index contributed by atoms with van der Waals surface area (Å²) >= 11 is 0. The summed E-state index contributed by atoms with van der Waals surface area (Å²) in [7, 11) is 0. The first-order valence-electron chi connectivity index (χ1n) is 5.53. The van der Waals surface area contributed by atoms with Crippen molar-refractivity contribution in [3.8, 4) is 0 Å². The minimum atomic E-state index is -0.937. The van der Waals surface area contributed by atoms with Gasteiger partial charge in [0, 0.05) is 5.41 Å². The summed E-state index contributed by atoms with van der Waals surface area (Å²) in [5.74, 6) is -1.04. The van der Waals surface area contributed by atoms with Gasteiger partial charge in [0.25, 0.3) is 0 Å². The molecule has 0 aromatic rings. The van der Waals surface area contributed by atoms with Gasteiger partial charge in [-0.1, -0.05) is 26.7 Å². The molecule has 15 heavy (non-hydrogen) atoms. The highest BCUT2D eigenvalue weighted by atomic mass is 16.4. The van der Waals surface area contributed by atoms with Crippen LogP contribution in [0.5, 0.6) is 0 Å². The Labute approximate surface area is 90.0 Å². The number of rotatable bonds is 5. The Morgan fingerprint density at radius 3 is 2.40 bits per heavy atom. The van der Waals surface area contributed by atoms with Gasteiger partial charge in [0.15, 0.2) is 0 Å². The lowest BCUT2D eigenvalue weighted by Crippen LogP contribution is -2.49. The number of carboxylic acid groups (broad SMARTS) is 1. The van der Waals surface area contributed by atoms with Crippen molar-refractivity contribution in [2.45, 2.75) is 52.0 Å². The molecule has 86 valence electrons. The molecule has 1 fully saturated rings. The fourth-order valence-corrected chi connectivity index (χ4v) is 1.81. The average Bonchev–Trinajstić information content (AvgIpc) is 2.13. The van der Waals surface area contributed by atoms with Crippen LogP contribution >= 0.6 is 0 Å². The number of hydrogen-bond acceptors (Lipinski definition) is 2. The van der Waals surface area contributed by atoms with E-state index in [0.717, 1.165) is 25.7 Å². The van der Waals surface area contributed by atoms with Crippen LogP contribution in [0.4, 0.5) is 0 Å². The molecular formula is C11H19NO3. The summed E-state index contributed by atoms with van der Waals surface area (Å²) in [5.41, 5.74) is -0.318. The van der Waals surface area contributed by atoms with E-state index in [4.69, 9.17) is 5.11 Å². The van der Waals surface area contributed by atoms with Gasteiger partial charge in [-0.05, 0) is 19.3 Å². The van der Waals surface area contributed by atoms with E-state index >= 15 is 0 Å². The van der Waals surface area contributed by atoms with E-state index in [-0.39, 0.29) is 11.3 Å². The Morgan fingerprint density at radius 2 is 2.07 bits per heavy atom. The van der Waals surface area contributed by atoms with Gasteiger partial charge in [0.1, 0.15) is 6.04 Å². The Morgan fingerprint density at radius 1 is 1.47 bits per heavy atom. The van der Waals surface area contributed by atoms with Gasteiger partial charge in [0.05, 0.1) is 0 Å². The molecule has 0 bridgehead atoms. The number of carbonyl (C=O) groups is 2. The third kappa shape index (κ3) is 2.70. The molecule has 4 nitrogen and oxygen atoms in total. The molecule has 4 heteroatoms. The maximum atomic E-state index is 11.8. The minimum Gasteiger partial charge on any atom is -0.480 e. The summed E-state index contributed by atoms with van der Waals surface area (Å²) in [6.45, 7) is 3.81. The van der Waals surface area contributed by atoms with Crippen LogP contribution in [-0.2, 0) is 9.59 Å². The molecule has 1 saturated carbocycles. The van der Waals surface area contributed by atoms with Gasteiger partial charge in [-0.2, -0.15) is 0 Å². The Hall–Kier alpha value is -1.06. The fourth-order valence-electron chi connectivity index (χ4n) is 1.81. The van der Waals surface area contributed by atoms with Crippen molar-refractivity contribution in [3.63, 3.8) is 0 Å². The lowest BCUT2D eigenvalue weighted by molar-refractivity contribution is -0.145. The molecule has 1 aliphatic carbocycles. The van der Waals surface area contributed by atoms with Crippen molar-refractivity contribution in [1.82, 2.24) is 5.32 Å². The average molecular weight is 213 g/mol. The van der Waals surface area contributed by atoms with E-state index in [2.05, 4.69) is 5.32 Å². The van der Waals surface area contributed by atoms with Crippen LogP contribution in [0.1, 0.15) is 46.0 Å². The Balaban J connectivity index is 2.50. The molecule has 0 saturated heterocycles. The summed E-state index contributed by atoms with van der Waals surface area (Å²) < 4.78 is 0. The zero-order chi connectivity index (χ0) is 11.5. The molecule has 1 unspecified atom stereocenters. The number of amides is 1. The van der Waals surface area contributed by atoms with E-state index in [0.29, 0.717) is 6.42 Å². The van der Waals surface area contributed by atoms with Crippen molar-refractivity contribution in [2.75, 3.05) is 0 Å². The zero-order valence-corrected chi connectivity index (χ0v) is 9.38. The van der Waals surface area contributed by atoms with Crippen LogP contribution in [0.15, 0.2) is 0 Å². The number of nitrogens with one attached hydrogen (secondary N) is 1. The second kappa shape index (κ2) is 4.64. The van der Waals surface area contributed by atoms with Crippen LogP contribution in [-0.4, -0.2) is 23.0 Å². The van der Waals surface area contributed by atoms with E-state index < -0.39 is 12.0 Å². The van der Waals surface area contributed by atoms with Gasteiger partial charge in [-0.3, -0.25) is 4.79 Å². The number of aliphatic carboxylic acids is 1. The lowest BCUT2D eigenvalue weighted by atomic mass is 9.69. The molecule has 1 atom stereocenters. The number of carbonyl (C=O) groups excluding carboxylic acids is 1. The van der Waals surface area contributed by atoms with Crippen molar-refractivity contribution >= 4 is 11.9 Å². The number of hydrogen-bond donors (Lipinski definition) is 2. The van der Waals surface area contributed by atoms with Crippen LogP contribution < -0.4 is 5.32 Å². The van der Waals surface area contributed by atoms with Crippen LogP contribution in [0, 0.1) is 5.41 Å². The molecule has 1 rings (SSSR count). The molecule has 0 spiro atoms. The molecule has 0 radical (unpaired) electrons. The maximum Gasteiger partial charge on any atom is 0.326 e. The number of carboxylic acids is 1. The van der Waals surface area contributed by atoms with Gasteiger partial charge >= 0.3 is 5.97 Å². The molecule has 1 aliphatic rings. The minimum absolute atomic E-state index is 0.102. The normalized spacial score (nSPS) is 20.1. The Kier molecular flexibility index (Phi) is 3.72. The fraction of sp³-hybridized carbons (Fsp3) is 0.818. The molecule has 2 N–H and O–H groups in total. The van der Waals surface area contributed by atoms with Gasteiger partial charge in [0.2, 0.25) is 5.91 Å². The Bertz CT molecular complexity index is 259. The highest BCUT2D eigenvalue weighted by molar-refractivity contribution is 5.87. The predicted octanol–water partition coefficient (Wildman–Crippen LogP) is 1.55. The summed E-state index contributed by atoms with van der Waals surface area (Å²) in [5, 5.41) is 11.5. The lowest BCUT2D eigenvalue weighted by Gasteiger charge is -2.37. The van der Waals surface area contributed by atoms with Crippen LogP contribution in [0.2, 0.25) is 0 Å². The largest absolute Gasteiger partial charge is 0.480 e. The van der Waals surface area contributed by atoms with E-state index in [1.807, 2.05) is 13.8 Å². The second-order valence-corrected chi connectivity index (χ2v) is 4.57. The first kappa shape index (κ1) is 12.0. The topological polar surface area (TPSA) is 66.4 Å². The standard InChI is InChI=1S/C11H19NO3/c1-3-5-8(9(13)14)12-10(15)11(2)6-4-7-11/h8H,3-7H2,1-2H3,(H,12,15)(H,13,14). The molecule has 0 aromatic carbocycles. The van der Waals surface area contributed by atoms with Crippen molar-refractivity contribution < 1.29 is 14.7 Å². The van der Waals surface area contributed by atoms with Crippen LogP contribution in [0.25, 0.3) is 0 Å². The first-order valence-corrected chi connectivity index (χ1v) is 5.53. The van der Waals surface area contributed by atoms with E-state index in [9.17, 15) is 9.59 Å². The van der Waals surface area contributed by atoms with Gasteiger partial charge in [-0.25, -0.2) is 4.79 Å². The molecular weight excluding hydrogens is 194 g/mol. The van der Waals surface area contributed by atoms with Crippen molar-refractivity contribution in [2.24, 2.45) is 5.41 Å².